The largest absolute Gasteiger partial charge is 0.507 e. The van der Waals surface area contributed by atoms with Crippen LogP contribution >= 0.6 is 11.6 Å². The number of hydrogen-bond acceptors (Lipinski definition) is 6. The molecule has 0 saturated carbocycles. The molecule has 8 heteroatoms. The van der Waals surface area contributed by atoms with Gasteiger partial charge < -0.3 is 24.2 Å². The highest BCUT2D eigenvalue weighted by atomic mass is 35.5. The lowest BCUT2D eigenvalue weighted by atomic mass is 9.95. The standard InChI is InChI=1S/C22H22ClNO6/c1-28-14-10-8-13(9-11-14)20(25)18-19(15-6-4-5-7-16(15)23)24(22(27)21(18)26)12-17(29-2)30-3/h4-11,17,19,25H,12H2,1-3H3. The number of ketones is 1. The molecule has 2 aromatic carbocycles. The number of Topliss-reactive ketones (excluding diaryl/α,β-unsaturated/α-hetero) is 1. The molecule has 0 aliphatic carbocycles. The van der Waals surface area contributed by atoms with Gasteiger partial charge in [-0.3, -0.25) is 9.59 Å². The molecule has 1 saturated heterocycles. The second-order valence-corrected chi connectivity index (χ2v) is 7.01. The number of likely N-dealkylation sites (tertiary alicyclic amines) is 1. The molecule has 1 fully saturated rings. The molecule has 1 aliphatic heterocycles. The molecule has 1 aliphatic rings. The number of ether oxygens (including phenoxy) is 3. The first-order valence-electron chi connectivity index (χ1n) is 9.15. The van der Waals surface area contributed by atoms with Crippen LogP contribution in [0.25, 0.3) is 5.76 Å². The second-order valence-electron chi connectivity index (χ2n) is 6.60. The number of benzene rings is 2. The Morgan fingerprint density at radius 3 is 2.27 bits per heavy atom. The Morgan fingerprint density at radius 2 is 1.70 bits per heavy atom. The van der Waals surface area contributed by atoms with Crippen LogP contribution < -0.4 is 4.74 Å². The first kappa shape index (κ1) is 21.8. The van der Waals surface area contributed by atoms with E-state index in [2.05, 4.69) is 0 Å². The maximum atomic E-state index is 12.9. The summed E-state index contributed by atoms with van der Waals surface area (Å²) in [6, 6.07) is 12.5. The van der Waals surface area contributed by atoms with Crippen molar-refractivity contribution >= 4 is 29.1 Å². The molecule has 7 nitrogen and oxygen atoms in total. The zero-order chi connectivity index (χ0) is 21.8. The minimum atomic E-state index is -0.895. The summed E-state index contributed by atoms with van der Waals surface area (Å²) in [5.74, 6) is -1.28. The lowest BCUT2D eigenvalue weighted by molar-refractivity contribution is -0.149. The molecule has 1 amide bonds. The second kappa shape index (κ2) is 9.30. The van der Waals surface area contributed by atoms with E-state index in [1.54, 1.807) is 48.5 Å². The molecule has 2 aromatic rings. The van der Waals surface area contributed by atoms with Crippen molar-refractivity contribution in [2.45, 2.75) is 12.3 Å². The topological polar surface area (TPSA) is 85.3 Å². The van der Waals surface area contributed by atoms with Crippen LogP contribution in [-0.2, 0) is 19.1 Å². The smallest absolute Gasteiger partial charge is 0.295 e. The summed E-state index contributed by atoms with van der Waals surface area (Å²) >= 11 is 6.39. The number of halogens is 1. The highest BCUT2D eigenvalue weighted by Crippen LogP contribution is 2.42. The van der Waals surface area contributed by atoms with E-state index in [9.17, 15) is 14.7 Å². The molecule has 1 N–H and O–H groups in total. The predicted octanol–water partition coefficient (Wildman–Crippen LogP) is 3.39. The van der Waals surface area contributed by atoms with E-state index in [1.807, 2.05) is 0 Å². The number of carbonyl (C=O) groups excluding carboxylic acids is 2. The Hall–Kier alpha value is -2.87. The minimum absolute atomic E-state index is 0.0210. The fourth-order valence-electron chi connectivity index (χ4n) is 3.40. The maximum absolute atomic E-state index is 12.9. The van der Waals surface area contributed by atoms with E-state index in [0.29, 0.717) is 21.9 Å². The Balaban J connectivity index is 2.16. The van der Waals surface area contributed by atoms with Gasteiger partial charge in [-0.1, -0.05) is 29.8 Å². The van der Waals surface area contributed by atoms with Gasteiger partial charge in [0.15, 0.2) is 6.29 Å². The fourth-order valence-corrected chi connectivity index (χ4v) is 3.64. The van der Waals surface area contributed by atoms with Gasteiger partial charge >= 0.3 is 0 Å². The number of nitrogens with zero attached hydrogens (tertiary/aromatic N) is 1. The summed E-state index contributed by atoms with van der Waals surface area (Å²) < 4.78 is 15.6. The van der Waals surface area contributed by atoms with Gasteiger partial charge in [0.25, 0.3) is 11.7 Å². The van der Waals surface area contributed by atoms with Crippen molar-refractivity contribution in [3.63, 3.8) is 0 Å². The number of amides is 1. The molecule has 3 rings (SSSR count). The summed E-state index contributed by atoms with van der Waals surface area (Å²) in [6.45, 7) is -0.0210. The van der Waals surface area contributed by atoms with E-state index in [4.69, 9.17) is 25.8 Å². The van der Waals surface area contributed by atoms with E-state index < -0.39 is 24.0 Å². The SMILES string of the molecule is COc1ccc(C(O)=C2C(=O)C(=O)N(CC(OC)OC)C2c2ccccc2Cl)cc1. The van der Waals surface area contributed by atoms with Crippen molar-refractivity contribution < 1.29 is 28.9 Å². The van der Waals surface area contributed by atoms with Crippen molar-refractivity contribution in [2.75, 3.05) is 27.9 Å². The molecular weight excluding hydrogens is 410 g/mol. The molecule has 0 aromatic heterocycles. The molecule has 1 heterocycles. The van der Waals surface area contributed by atoms with Crippen LogP contribution in [0.3, 0.4) is 0 Å². The number of aliphatic hydroxyl groups is 1. The predicted molar refractivity (Wildman–Crippen MR) is 111 cm³/mol. The molecular formula is C22H22ClNO6. The first-order valence-corrected chi connectivity index (χ1v) is 9.53. The van der Waals surface area contributed by atoms with Crippen LogP contribution in [-0.4, -0.2) is 55.9 Å². The lowest BCUT2D eigenvalue weighted by Crippen LogP contribution is -2.38. The monoisotopic (exact) mass is 431 g/mol. The van der Waals surface area contributed by atoms with Gasteiger partial charge in [0.1, 0.15) is 11.5 Å². The van der Waals surface area contributed by atoms with E-state index in [1.165, 1.54) is 26.2 Å². The highest BCUT2D eigenvalue weighted by Gasteiger charge is 2.47. The summed E-state index contributed by atoms with van der Waals surface area (Å²) in [4.78, 5) is 27.1. The van der Waals surface area contributed by atoms with Crippen molar-refractivity contribution in [2.24, 2.45) is 0 Å². The Labute approximate surface area is 179 Å². The third-order valence-corrected chi connectivity index (χ3v) is 5.32. The van der Waals surface area contributed by atoms with Gasteiger partial charge in [-0.25, -0.2) is 0 Å². The zero-order valence-electron chi connectivity index (χ0n) is 16.8. The summed E-state index contributed by atoms with van der Waals surface area (Å²) in [5.41, 5.74) is 0.837. The van der Waals surface area contributed by atoms with Crippen molar-refractivity contribution in [3.8, 4) is 5.75 Å². The average molecular weight is 432 g/mol. The number of hydrogen-bond donors (Lipinski definition) is 1. The molecule has 0 spiro atoms. The quantitative estimate of drug-likeness (QED) is 0.313. The van der Waals surface area contributed by atoms with Crippen molar-refractivity contribution in [1.82, 2.24) is 4.90 Å². The molecule has 1 unspecified atom stereocenters. The molecule has 0 bridgehead atoms. The lowest BCUT2D eigenvalue weighted by Gasteiger charge is -2.28. The fraction of sp³-hybridized carbons (Fsp3) is 0.273. The van der Waals surface area contributed by atoms with Crippen LogP contribution in [0.1, 0.15) is 17.2 Å². The average Bonchev–Trinajstić information content (AvgIpc) is 3.01. The van der Waals surface area contributed by atoms with E-state index in [0.717, 1.165) is 0 Å². The Morgan fingerprint density at radius 1 is 1.07 bits per heavy atom. The van der Waals surface area contributed by atoms with Gasteiger partial charge in [0, 0.05) is 24.8 Å². The normalized spacial score (nSPS) is 18.3. The van der Waals surface area contributed by atoms with E-state index in [-0.39, 0.29) is 17.9 Å². The van der Waals surface area contributed by atoms with Crippen LogP contribution in [0.2, 0.25) is 5.02 Å². The Bertz CT molecular complexity index is 968. The van der Waals surface area contributed by atoms with Gasteiger partial charge in [0.05, 0.1) is 25.3 Å². The third kappa shape index (κ3) is 4.05. The maximum Gasteiger partial charge on any atom is 0.295 e. The summed E-state index contributed by atoms with van der Waals surface area (Å²) in [6.07, 6.45) is -0.755. The van der Waals surface area contributed by atoms with Gasteiger partial charge in [0.2, 0.25) is 0 Å². The summed E-state index contributed by atoms with van der Waals surface area (Å²) in [7, 11) is 4.40. The highest BCUT2D eigenvalue weighted by molar-refractivity contribution is 6.47. The van der Waals surface area contributed by atoms with Gasteiger partial charge in [-0.2, -0.15) is 0 Å². The van der Waals surface area contributed by atoms with Gasteiger partial charge in [-0.15, -0.1) is 0 Å². The first-order chi connectivity index (χ1) is 14.4. The number of methoxy groups -OCH3 is 3. The molecule has 158 valence electrons. The minimum Gasteiger partial charge on any atom is -0.507 e. The number of rotatable bonds is 7. The number of aliphatic hydroxyl groups excluding tert-OH is 1. The number of carbonyl (C=O) groups is 2. The van der Waals surface area contributed by atoms with Crippen LogP contribution in [0.15, 0.2) is 54.1 Å². The van der Waals surface area contributed by atoms with Crippen LogP contribution in [0, 0.1) is 0 Å². The molecule has 30 heavy (non-hydrogen) atoms. The van der Waals surface area contributed by atoms with Crippen LogP contribution in [0.4, 0.5) is 0 Å². The Kier molecular flexibility index (Phi) is 6.77. The molecule has 1 atom stereocenters. The van der Waals surface area contributed by atoms with Crippen LogP contribution in [0.5, 0.6) is 5.75 Å². The third-order valence-electron chi connectivity index (χ3n) is 4.97. The van der Waals surface area contributed by atoms with Crippen molar-refractivity contribution in [3.05, 3.63) is 70.3 Å². The van der Waals surface area contributed by atoms with E-state index >= 15 is 0 Å². The zero-order valence-corrected chi connectivity index (χ0v) is 17.6. The van der Waals surface area contributed by atoms with Gasteiger partial charge in [-0.05, 0) is 35.9 Å². The molecule has 0 radical (unpaired) electrons. The van der Waals surface area contributed by atoms with Crippen molar-refractivity contribution in [1.29, 1.82) is 0 Å². The summed E-state index contributed by atoms with van der Waals surface area (Å²) in [5, 5.41) is 11.4.